The Morgan fingerprint density at radius 2 is 1.61 bits per heavy atom. The number of fused-ring (bicyclic) bond motifs is 1. The summed E-state index contributed by atoms with van der Waals surface area (Å²) in [5, 5.41) is 13.2. The number of hydrogen-bond donors (Lipinski definition) is 2. The van der Waals surface area contributed by atoms with Crippen molar-refractivity contribution in [2.75, 3.05) is 11.9 Å². The summed E-state index contributed by atoms with van der Waals surface area (Å²) in [7, 11) is 0. The van der Waals surface area contributed by atoms with Gasteiger partial charge >= 0.3 is 0 Å². The fraction of sp³-hybridized carbons (Fsp3) is 0.111. The SMILES string of the molecule is CCOc1ccc(NC2=C(O)c3ccccc3C(=O)C2=O)cc1. The third-order valence-electron chi connectivity index (χ3n) is 3.53. The molecule has 116 valence electrons. The number of carbonyl (C=O) groups excluding carboxylic acids is 2. The monoisotopic (exact) mass is 309 g/mol. The number of rotatable bonds is 4. The molecule has 0 saturated heterocycles. The standard InChI is InChI=1S/C18H15NO4/c1-2-23-12-9-7-11(8-10-12)19-15-16(20)13-5-3-4-6-14(13)17(21)18(15)22/h3-10,19-20H,2H2,1H3. The van der Waals surface area contributed by atoms with Gasteiger partial charge in [-0.1, -0.05) is 24.3 Å². The number of ketones is 2. The van der Waals surface area contributed by atoms with E-state index in [1.165, 1.54) is 6.07 Å². The third kappa shape index (κ3) is 2.68. The molecule has 5 heteroatoms. The van der Waals surface area contributed by atoms with Crippen molar-refractivity contribution in [3.8, 4) is 5.75 Å². The summed E-state index contributed by atoms with van der Waals surface area (Å²) in [5.74, 6) is -0.909. The van der Waals surface area contributed by atoms with Crippen molar-refractivity contribution in [2.24, 2.45) is 0 Å². The highest BCUT2D eigenvalue weighted by Gasteiger charge is 2.32. The minimum Gasteiger partial charge on any atom is -0.505 e. The Labute approximate surface area is 133 Å². The van der Waals surface area contributed by atoms with Crippen molar-refractivity contribution in [2.45, 2.75) is 6.92 Å². The van der Waals surface area contributed by atoms with Gasteiger partial charge < -0.3 is 15.2 Å². The first kappa shape index (κ1) is 14.8. The second-order valence-electron chi connectivity index (χ2n) is 5.01. The zero-order valence-electron chi connectivity index (χ0n) is 12.5. The molecule has 0 heterocycles. The Kier molecular flexibility index (Phi) is 3.85. The fourth-order valence-electron chi connectivity index (χ4n) is 2.43. The van der Waals surface area contributed by atoms with E-state index in [2.05, 4.69) is 5.32 Å². The topological polar surface area (TPSA) is 75.6 Å². The highest BCUT2D eigenvalue weighted by atomic mass is 16.5. The first-order chi connectivity index (χ1) is 11.1. The van der Waals surface area contributed by atoms with Crippen LogP contribution < -0.4 is 10.1 Å². The van der Waals surface area contributed by atoms with E-state index in [1.54, 1.807) is 42.5 Å². The lowest BCUT2D eigenvalue weighted by Crippen LogP contribution is -2.27. The maximum Gasteiger partial charge on any atom is 0.253 e. The van der Waals surface area contributed by atoms with Crippen molar-refractivity contribution in [3.63, 3.8) is 0 Å². The highest BCUT2D eigenvalue weighted by Crippen LogP contribution is 2.28. The van der Waals surface area contributed by atoms with Gasteiger partial charge in [0.2, 0.25) is 5.78 Å². The molecule has 0 aromatic heterocycles. The largest absolute Gasteiger partial charge is 0.505 e. The summed E-state index contributed by atoms with van der Waals surface area (Å²) in [6.45, 7) is 2.45. The third-order valence-corrected chi connectivity index (χ3v) is 3.53. The number of Topliss-reactive ketones (excluding diaryl/α,β-unsaturated/α-hetero) is 2. The quantitative estimate of drug-likeness (QED) is 0.848. The van der Waals surface area contributed by atoms with Gasteiger partial charge in [0.1, 0.15) is 11.4 Å². The van der Waals surface area contributed by atoms with Gasteiger partial charge in [0.15, 0.2) is 5.76 Å². The Hall–Kier alpha value is -3.08. The van der Waals surface area contributed by atoms with Gasteiger partial charge in [0.05, 0.1) is 6.61 Å². The summed E-state index contributed by atoms with van der Waals surface area (Å²) >= 11 is 0. The molecule has 2 aromatic rings. The van der Waals surface area contributed by atoms with Gasteiger partial charge in [-0.05, 0) is 31.2 Å². The van der Waals surface area contributed by atoms with Crippen LogP contribution in [0.2, 0.25) is 0 Å². The highest BCUT2D eigenvalue weighted by molar-refractivity contribution is 6.52. The van der Waals surface area contributed by atoms with Crippen molar-refractivity contribution in [3.05, 3.63) is 65.4 Å². The maximum absolute atomic E-state index is 12.2. The van der Waals surface area contributed by atoms with E-state index in [-0.39, 0.29) is 17.0 Å². The maximum atomic E-state index is 12.2. The summed E-state index contributed by atoms with van der Waals surface area (Å²) in [4.78, 5) is 24.4. The molecule has 0 amide bonds. The van der Waals surface area contributed by atoms with Crippen LogP contribution in [0.3, 0.4) is 0 Å². The molecule has 0 fully saturated rings. The van der Waals surface area contributed by atoms with E-state index < -0.39 is 11.6 Å². The van der Waals surface area contributed by atoms with E-state index in [1.807, 2.05) is 6.92 Å². The summed E-state index contributed by atoms with van der Waals surface area (Å²) in [6.07, 6.45) is 0. The number of aliphatic hydroxyl groups excluding tert-OH is 1. The number of hydrogen-bond acceptors (Lipinski definition) is 5. The van der Waals surface area contributed by atoms with Gasteiger partial charge in [-0.2, -0.15) is 0 Å². The van der Waals surface area contributed by atoms with Crippen LogP contribution in [-0.2, 0) is 4.79 Å². The lowest BCUT2D eigenvalue weighted by atomic mass is 9.91. The van der Waals surface area contributed by atoms with Crippen LogP contribution in [0.1, 0.15) is 22.8 Å². The van der Waals surface area contributed by atoms with Crippen LogP contribution in [0.5, 0.6) is 5.75 Å². The molecule has 0 bridgehead atoms. The molecule has 2 N–H and O–H groups in total. The molecule has 2 aromatic carbocycles. The average Bonchev–Trinajstić information content (AvgIpc) is 2.58. The number of anilines is 1. The van der Waals surface area contributed by atoms with Gasteiger partial charge in [-0.25, -0.2) is 0 Å². The van der Waals surface area contributed by atoms with Crippen LogP contribution in [0, 0.1) is 0 Å². The number of ether oxygens (including phenoxy) is 1. The van der Waals surface area contributed by atoms with Crippen molar-refractivity contribution >= 4 is 23.0 Å². The average molecular weight is 309 g/mol. The Morgan fingerprint density at radius 1 is 0.957 bits per heavy atom. The molecule has 3 rings (SSSR count). The zero-order valence-corrected chi connectivity index (χ0v) is 12.5. The van der Waals surface area contributed by atoms with Crippen LogP contribution in [0.15, 0.2) is 54.2 Å². The molecule has 0 radical (unpaired) electrons. The molecule has 0 spiro atoms. The van der Waals surface area contributed by atoms with Gasteiger partial charge in [-0.15, -0.1) is 0 Å². The Balaban J connectivity index is 1.95. The van der Waals surface area contributed by atoms with Crippen molar-refractivity contribution < 1.29 is 19.4 Å². The molecule has 1 aliphatic carbocycles. The minimum absolute atomic E-state index is 0.113. The molecule has 0 saturated carbocycles. The molecule has 5 nitrogen and oxygen atoms in total. The molecule has 0 atom stereocenters. The van der Waals surface area contributed by atoms with Crippen LogP contribution >= 0.6 is 0 Å². The molecule has 23 heavy (non-hydrogen) atoms. The van der Waals surface area contributed by atoms with Crippen molar-refractivity contribution in [1.82, 2.24) is 0 Å². The van der Waals surface area contributed by atoms with Crippen molar-refractivity contribution in [1.29, 1.82) is 0 Å². The van der Waals surface area contributed by atoms with E-state index in [9.17, 15) is 14.7 Å². The second kappa shape index (κ2) is 5.96. The Bertz CT molecular complexity index is 806. The van der Waals surface area contributed by atoms with Gasteiger partial charge in [0, 0.05) is 16.8 Å². The Morgan fingerprint density at radius 3 is 2.26 bits per heavy atom. The van der Waals surface area contributed by atoms with E-state index >= 15 is 0 Å². The first-order valence-corrected chi connectivity index (χ1v) is 7.23. The zero-order chi connectivity index (χ0) is 16.4. The van der Waals surface area contributed by atoms with Crippen LogP contribution in [-0.4, -0.2) is 23.3 Å². The number of benzene rings is 2. The molecular weight excluding hydrogens is 294 g/mol. The van der Waals surface area contributed by atoms with Gasteiger partial charge in [-0.3, -0.25) is 9.59 Å². The number of carbonyl (C=O) groups is 2. The molecule has 0 aliphatic heterocycles. The molecule has 1 aliphatic rings. The van der Waals surface area contributed by atoms with Crippen LogP contribution in [0.25, 0.3) is 5.76 Å². The lowest BCUT2D eigenvalue weighted by molar-refractivity contribution is -0.111. The number of allylic oxidation sites excluding steroid dienone is 1. The fourth-order valence-corrected chi connectivity index (χ4v) is 2.43. The van der Waals surface area contributed by atoms with Gasteiger partial charge in [0.25, 0.3) is 5.78 Å². The first-order valence-electron chi connectivity index (χ1n) is 7.23. The summed E-state index contributed by atoms with van der Waals surface area (Å²) < 4.78 is 5.35. The summed E-state index contributed by atoms with van der Waals surface area (Å²) in [6, 6.07) is 13.4. The summed E-state index contributed by atoms with van der Waals surface area (Å²) in [5.41, 5.74) is 1.03. The lowest BCUT2D eigenvalue weighted by Gasteiger charge is -2.18. The van der Waals surface area contributed by atoms with Crippen LogP contribution in [0.4, 0.5) is 5.69 Å². The number of nitrogens with one attached hydrogen (secondary N) is 1. The van der Waals surface area contributed by atoms with E-state index in [4.69, 9.17) is 4.74 Å². The predicted molar refractivity (Wildman–Crippen MR) is 86.6 cm³/mol. The number of aliphatic hydroxyl groups is 1. The molecular formula is C18H15NO4. The van der Waals surface area contributed by atoms with E-state index in [0.29, 0.717) is 23.6 Å². The smallest absolute Gasteiger partial charge is 0.253 e. The minimum atomic E-state index is -0.755. The normalized spacial score (nSPS) is 13.8. The van der Waals surface area contributed by atoms with E-state index in [0.717, 1.165) is 0 Å². The second-order valence-corrected chi connectivity index (χ2v) is 5.01. The molecule has 0 unspecified atom stereocenters. The predicted octanol–water partition coefficient (Wildman–Crippen LogP) is 3.19.